The number of nitrogens with one attached hydrogen (secondary N) is 2. The molecule has 1 saturated heterocycles. The fourth-order valence-electron chi connectivity index (χ4n) is 3.67. The van der Waals surface area contributed by atoms with Gasteiger partial charge in [-0.25, -0.2) is 0 Å². The normalized spacial score (nSPS) is 15.2. The second-order valence-electron chi connectivity index (χ2n) is 7.78. The number of likely N-dealkylation sites (tertiary alicyclic amines) is 1. The molecule has 2 N–H and O–H groups in total. The summed E-state index contributed by atoms with van der Waals surface area (Å²) in [5, 5.41) is 6.01. The van der Waals surface area contributed by atoms with Crippen molar-refractivity contribution in [1.82, 2.24) is 4.90 Å². The number of piperidine rings is 1. The van der Waals surface area contributed by atoms with Gasteiger partial charge in [-0.1, -0.05) is 29.8 Å². The van der Waals surface area contributed by atoms with Gasteiger partial charge >= 0.3 is 0 Å². The fraction of sp³-hybridized carbons (Fsp3) is 0.391. The molecule has 1 heterocycles. The third-order valence-electron chi connectivity index (χ3n) is 5.27. The van der Waals surface area contributed by atoms with E-state index in [0.717, 1.165) is 48.4 Å². The summed E-state index contributed by atoms with van der Waals surface area (Å²) in [6, 6.07) is 13.9. The smallest absolute Gasteiger partial charge is 0.238 e. The zero-order valence-corrected chi connectivity index (χ0v) is 16.9. The summed E-state index contributed by atoms with van der Waals surface area (Å²) in [6.45, 7) is 7.92. The molecule has 2 amide bonds. The second kappa shape index (κ2) is 9.02. The lowest BCUT2D eigenvalue weighted by atomic mass is 9.95. The average Bonchev–Trinajstić information content (AvgIpc) is 2.64. The quantitative estimate of drug-likeness (QED) is 0.828. The van der Waals surface area contributed by atoms with E-state index in [4.69, 9.17) is 0 Å². The lowest BCUT2D eigenvalue weighted by Crippen LogP contribution is -2.41. The van der Waals surface area contributed by atoms with E-state index in [2.05, 4.69) is 21.6 Å². The van der Waals surface area contributed by atoms with Gasteiger partial charge in [-0.15, -0.1) is 0 Å². The summed E-state index contributed by atoms with van der Waals surface area (Å²) in [5.74, 6) is 0.0683. The minimum atomic E-state index is -0.00499. The summed E-state index contributed by atoms with van der Waals surface area (Å²) in [7, 11) is 0. The molecule has 0 aliphatic carbocycles. The van der Waals surface area contributed by atoms with Crippen LogP contribution < -0.4 is 10.6 Å². The van der Waals surface area contributed by atoms with Crippen LogP contribution in [-0.4, -0.2) is 36.3 Å². The molecular weight excluding hydrogens is 350 g/mol. The van der Waals surface area contributed by atoms with Gasteiger partial charge in [0.2, 0.25) is 11.8 Å². The summed E-state index contributed by atoms with van der Waals surface area (Å²) in [5.41, 5.74) is 5.09. The highest BCUT2D eigenvalue weighted by atomic mass is 16.2. The molecular formula is C23H29N3O2. The van der Waals surface area contributed by atoms with Crippen LogP contribution >= 0.6 is 0 Å². The average molecular weight is 380 g/mol. The first-order valence-electron chi connectivity index (χ1n) is 9.88. The van der Waals surface area contributed by atoms with Crippen molar-refractivity contribution in [2.75, 3.05) is 30.3 Å². The van der Waals surface area contributed by atoms with Crippen LogP contribution in [0.5, 0.6) is 0 Å². The van der Waals surface area contributed by atoms with Crippen molar-refractivity contribution < 1.29 is 9.59 Å². The molecule has 0 saturated carbocycles. The van der Waals surface area contributed by atoms with Crippen molar-refractivity contribution in [2.24, 2.45) is 5.92 Å². The number of nitrogens with zero attached hydrogens (tertiary/aromatic N) is 1. The molecule has 5 nitrogen and oxygen atoms in total. The Hall–Kier alpha value is -2.66. The minimum absolute atomic E-state index is 0.000772. The van der Waals surface area contributed by atoms with E-state index in [1.165, 1.54) is 5.56 Å². The fourth-order valence-corrected chi connectivity index (χ4v) is 3.67. The van der Waals surface area contributed by atoms with Crippen LogP contribution in [0, 0.1) is 26.7 Å². The van der Waals surface area contributed by atoms with Crippen LogP contribution in [0.3, 0.4) is 0 Å². The predicted molar refractivity (Wildman–Crippen MR) is 114 cm³/mol. The number of amides is 2. The summed E-state index contributed by atoms with van der Waals surface area (Å²) in [4.78, 5) is 27.0. The van der Waals surface area contributed by atoms with Crippen molar-refractivity contribution in [3.05, 3.63) is 59.2 Å². The molecule has 0 bridgehead atoms. The van der Waals surface area contributed by atoms with Gasteiger partial charge < -0.3 is 10.6 Å². The Balaban J connectivity index is 1.45. The number of rotatable bonds is 5. The Morgan fingerprint density at radius 3 is 2.36 bits per heavy atom. The highest BCUT2D eigenvalue weighted by Crippen LogP contribution is 2.20. The molecule has 1 aliphatic rings. The Morgan fingerprint density at radius 1 is 0.964 bits per heavy atom. The molecule has 2 aromatic rings. The van der Waals surface area contributed by atoms with Gasteiger partial charge in [-0.2, -0.15) is 0 Å². The van der Waals surface area contributed by atoms with Crippen molar-refractivity contribution in [1.29, 1.82) is 0 Å². The number of benzene rings is 2. The van der Waals surface area contributed by atoms with Crippen LogP contribution in [0.25, 0.3) is 0 Å². The van der Waals surface area contributed by atoms with E-state index in [1.54, 1.807) is 0 Å². The number of carbonyl (C=O) groups is 2. The highest BCUT2D eigenvalue weighted by molar-refractivity contribution is 5.93. The molecule has 1 fully saturated rings. The molecule has 0 radical (unpaired) electrons. The predicted octanol–water partition coefficient (Wildman–Crippen LogP) is 3.90. The molecule has 28 heavy (non-hydrogen) atoms. The zero-order valence-electron chi connectivity index (χ0n) is 16.9. The molecule has 148 valence electrons. The van der Waals surface area contributed by atoms with E-state index < -0.39 is 0 Å². The summed E-state index contributed by atoms with van der Waals surface area (Å²) in [6.07, 6.45) is 1.54. The van der Waals surface area contributed by atoms with E-state index in [1.807, 2.05) is 57.2 Å². The van der Waals surface area contributed by atoms with Crippen molar-refractivity contribution >= 4 is 23.2 Å². The Labute approximate surface area is 167 Å². The maximum Gasteiger partial charge on any atom is 0.238 e. The molecule has 0 aromatic heterocycles. The lowest BCUT2D eigenvalue weighted by molar-refractivity contribution is -0.121. The number of carbonyl (C=O) groups excluding carboxylic acids is 2. The number of hydrogen-bond donors (Lipinski definition) is 2. The van der Waals surface area contributed by atoms with Gasteiger partial charge in [0.15, 0.2) is 0 Å². The first-order chi connectivity index (χ1) is 13.4. The van der Waals surface area contributed by atoms with Gasteiger partial charge in [0.1, 0.15) is 0 Å². The van der Waals surface area contributed by atoms with Crippen molar-refractivity contribution in [3.8, 4) is 0 Å². The second-order valence-corrected chi connectivity index (χ2v) is 7.78. The minimum Gasteiger partial charge on any atom is -0.326 e. The van der Waals surface area contributed by atoms with E-state index in [-0.39, 0.29) is 17.7 Å². The van der Waals surface area contributed by atoms with E-state index in [9.17, 15) is 9.59 Å². The monoisotopic (exact) mass is 379 g/mol. The van der Waals surface area contributed by atoms with Gasteiger partial charge in [-0.3, -0.25) is 14.5 Å². The Morgan fingerprint density at radius 2 is 1.68 bits per heavy atom. The number of anilines is 2. The molecule has 0 spiro atoms. The summed E-state index contributed by atoms with van der Waals surface area (Å²) < 4.78 is 0. The third kappa shape index (κ3) is 5.42. The van der Waals surface area contributed by atoms with E-state index in [0.29, 0.717) is 6.54 Å². The first-order valence-corrected chi connectivity index (χ1v) is 9.88. The molecule has 0 unspecified atom stereocenters. The summed E-state index contributed by atoms with van der Waals surface area (Å²) >= 11 is 0. The van der Waals surface area contributed by atoms with Crippen LogP contribution in [-0.2, 0) is 9.59 Å². The van der Waals surface area contributed by atoms with Crippen LogP contribution in [0.4, 0.5) is 11.4 Å². The third-order valence-corrected chi connectivity index (χ3v) is 5.27. The Kier molecular flexibility index (Phi) is 6.47. The standard InChI is InChI=1S/C23H29N3O2/c1-16-5-4-6-20(14-16)24-23(28)19-9-11-26(12-10-19)15-22(27)25-21-8-7-17(2)13-18(21)3/h4-8,13-14,19H,9-12,15H2,1-3H3,(H,24,28)(H,25,27). The van der Waals surface area contributed by atoms with Crippen LogP contribution in [0.1, 0.15) is 29.5 Å². The van der Waals surface area contributed by atoms with Gasteiger partial charge in [-0.05, 0) is 76.0 Å². The molecule has 1 aliphatic heterocycles. The van der Waals surface area contributed by atoms with Gasteiger partial charge in [0, 0.05) is 17.3 Å². The zero-order chi connectivity index (χ0) is 20.1. The van der Waals surface area contributed by atoms with Crippen LogP contribution in [0.15, 0.2) is 42.5 Å². The topological polar surface area (TPSA) is 61.4 Å². The maximum atomic E-state index is 12.5. The van der Waals surface area contributed by atoms with Crippen molar-refractivity contribution in [2.45, 2.75) is 33.6 Å². The van der Waals surface area contributed by atoms with Crippen LogP contribution in [0.2, 0.25) is 0 Å². The molecule has 2 aromatic carbocycles. The number of aryl methyl sites for hydroxylation is 3. The van der Waals surface area contributed by atoms with Gasteiger partial charge in [0.25, 0.3) is 0 Å². The highest BCUT2D eigenvalue weighted by Gasteiger charge is 2.26. The lowest BCUT2D eigenvalue weighted by Gasteiger charge is -2.30. The Bertz CT molecular complexity index is 855. The maximum absolute atomic E-state index is 12.5. The first kappa shape index (κ1) is 20.1. The molecule has 0 atom stereocenters. The van der Waals surface area contributed by atoms with E-state index >= 15 is 0 Å². The van der Waals surface area contributed by atoms with Gasteiger partial charge in [0.05, 0.1) is 6.54 Å². The molecule has 5 heteroatoms. The SMILES string of the molecule is Cc1cccc(NC(=O)C2CCN(CC(=O)Nc3ccc(C)cc3C)CC2)c1. The van der Waals surface area contributed by atoms with Crippen molar-refractivity contribution in [3.63, 3.8) is 0 Å². The number of hydrogen-bond acceptors (Lipinski definition) is 3. The molecule has 3 rings (SSSR count). The largest absolute Gasteiger partial charge is 0.326 e.